The fraction of sp³-hybridized carbons (Fsp3) is 0.808. The van der Waals surface area contributed by atoms with Crippen molar-refractivity contribution >= 4 is 5.97 Å². The Morgan fingerprint density at radius 3 is 2.54 bits per heavy atom. The van der Waals surface area contributed by atoms with E-state index in [-0.39, 0.29) is 29.8 Å². The van der Waals surface area contributed by atoms with E-state index in [0.717, 1.165) is 25.7 Å². The summed E-state index contributed by atoms with van der Waals surface area (Å²) >= 11 is 0. The van der Waals surface area contributed by atoms with Gasteiger partial charge in [-0.15, -0.1) is 0 Å². The Morgan fingerprint density at radius 2 is 1.89 bits per heavy atom. The Kier molecular flexibility index (Phi) is 7.79. The molecular weight excluding hydrogens is 456 g/mol. The van der Waals surface area contributed by atoms with Crippen molar-refractivity contribution in [2.24, 2.45) is 22.7 Å². The highest BCUT2D eigenvalue weighted by atomic mass is 16.7. The molecule has 0 bridgehead atoms. The lowest BCUT2D eigenvalue weighted by atomic mass is 9.46. The van der Waals surface area contributed by atoms with Crippen LogP contribution < -0.4 is 0 Å². The normalized spacial score (nSPS) is 46.2. The average Bonchev–Trinajstić information content (AvgIpc) is 3.24. The van der Waals surface area contributed by atoms with E-state index in [4.69, 9.17) is 14.2 Å². The van der Waals surface area contributed by atoms with E-state index in [2.05, 4.69) is 13.5 Å². The molecular formula is C26H40O9. The Labute approximate surface area is 206 Å². The van der Waals surface area contributed by atoms with Gasteiger partial charge in [-0.2, -0.15) is 0 Å². The number of aliphatic hydroxyl groups excluding tert-OH is 5. The smallest absolute Gasteiger partial charge is 0.334 e. The van der Waals surface area contributed by atoms with Gasteiger partial charge in [0.15, 0.2) is 6.29 Å². The molecule has 198 valence electrons. The van der Waals surface area contributed by atoms with Crippen LogP contribution in [0.3, 0.4) is 0 Å². The van der Waals surface area contributed by atoms with Gasteiger partial charge in [-0.3, -0.25) is 0 Å². The molecule has 4 rings (SSSR count). The molecule has 0 aromatic carbocycles. The highest BCUT2D eigenvalue weighted by Crippen LogP contribution is 2.62. The molecule has 1 saturated heterocycles. The zero-order valence-corrected chi connectivity index (χ0v) is 20.6. The molecule has 9 nitrogen and oxygen atoms in total. The zero-order valence-electron chi connectivity index (χ0n) is 20.6. The lowest BCUT2D eigenvalue weighted by Gasteiger charge is -2.60. The van der Waals surface area contributed by atoms with Crippen LogP contribution in [0.25, 0.3) is 0 Å². The fourth-order valence-corrected chi connectivity index (χ4v) is 7.08. The highest BCUT2D eigenvalue weighted by Gasteiger charge is 2.58. The Morgan fingerprint density at radius 1 is 1.14 bits per heavy atom. The summed E-state index contributed by atoms with van der Waals surface area (Å²) in [6.07, 6.45) is -1.06. The van der Waals surface area contributed by atoms with Crippen LogP contribution in [0, 0.1) is 22.7 Å². The largest absolute Gasteiger partial charge is 0.458 e. The lowest BCUT2D eigenvalue weighted by Crippen LogP contribution is -2.61. The summed E-state index contributed by atoms with van der Waals surface area (Å²) in [6, 6.07) is 0. The molecule has 10 atom stereocenters. The molecule has 2 saturated carbocycles. The van der Waals surface area contributed by atoms with Crippen LogP contribution in [-0.2, 0) is 19.0 Å². The number of rotatable bonds is 7. The minimum absolute atomic E-state index is 0.0772. The monoisotopic (exact) mass is 496 g/mol. The number of aliphatic hydroxyl groups is 5. The van der Waals surface area contributed by atoms with Crippen molar-refractivity contribution < 1.29 is 44.5 Å². The van der Waals surface area contributed by atoms with Crippen molar-refractivity contribution in [1.82, 2.24) is 0 Å². The molecule has 0 radical (unpaired) electrons. The first-order chi connectivity index (χ1) is 16.5. The minimum atomic E-state index is -1.51. The molecule has 35 heavy (non-hydrogen) atoms. The van der Waals surface area contributed by atoms with E-state index in [1.165, 1.54) is 5.57 Å². The van der Waals surface area contributed by atoms with Crippen molar-refractivity contribution in [3.8, 4) is 0 Å². The predicted octanol–water partition coefficient (Wildman–Crippen LogP) is 0.816. The van der Waals surface area contributed by atoms with E-state index >= 15 is 0 Å². The topological polar surface area (TPSA) is 146 Å². The summed E-state index contributed by atoms with van der Waals surface area (Å²) < 4.78 is 16.5. The van der Waals surface area contributed by atoms with Gasteiger partial charge in [0.25, 0.3) is 0 Å². The third kappa shape index (κ3) is 4.72. The van der Waals surface area contributed by atoms with E-state index < -0.39 is 48.8 Å². The van der Waals surface area contributed by atoms with Gasteiger partial charge >= 0.3 is 5.97 Å². The molecule has 2 heterocycles. The second-order valence-electron chi connectivity index (χ2n) is 11.2. The van der Waals surface area contributed by atoms with Gasteiger partial charge in [-0.05, 0) is 61.9 Å². The summed E-state index contributed by atoms with van der Waals surface area (Å²) in [5.74, 6) is 0.0169. The second kappa shape index (κ2) is 10.2. The molecule has 0 spiro atoms. The molecule has 4 aliphatic rings. The molecule has 0 aromatic heterocycles. The number of carbonyl (C=O) groups is 1. The third-order valence-electron chi connectivity index (χ3n) is 9.27. The standard InChI is InChI=1S/C26H40O9/c1-14-4-7-18-25(2,16(14)6-5-15-9-11-33-23(15)32)10-8-19(28)26(18,3)13-34-24-22(31)21(30)20(29)17(12-27)35-24/h9,16-22,24,27-31H,1,4-8,10-13H2,2-3H3/t16-,17-,18-,19-,20-,21+,22-,24-,25+,26+/m1/s1. The van der Waals surface area contributed by atoms with Crippen LogP contribution in [0.4, 0.5) is 0 Å². The van der Waals surface area contributed by atoms with Gasteiger partial charge in [-0.1, -0.05) is 26.0 Å². The van der Waals surface area contributed by atoms with Crippen molar-refractivity contribution in [3.63, 3.8) is 0 Å². The molecule has 2 aliphatic carbocycles. The predicted molar refractivity (Wildman–Crippen MR) is 125 cm³/mol. The van der Waals surface area contributed by atoms with Gasteiger partial charge in [0.1, 0.15) is 31.0 Å². The number of ether oxygens (including phenoxy) is 3. The van der Waals surface area contributed by atoms with Gasteiger partial charge in [0, 0.05) is 11.0 Å². The zero-order chi connectivity index (χ0) is 25.5. The summed E-state index contributed by atoms with van der Waals surface area (Å²) in [6.45, 7) is 8.48. The van der Waals surface area contributed by atoms with E-state index in [9.17, 15) is 30.3 Å². The summed E-state index contributed by atoms with van der Waals surface area (Å²) in [5, 5.41) is 51.2. The molecule has 2 aliphatic heterocycles. The Hall–Kier alpha value is -1.33. The SMILES string of the molecule is C=C1CC[C@H]2[C@](C)(CO[C@@H]3O[C@H](CO)[C@@H](O)[C@H](O)[C@H]3O)[C@H](O)CC[C@@]2(C)[C@@H]1CCC1=CCOC1=O. The van der Waals surface area contributed by atoms with Gasteiger partial charge in [-0.25, -0.2) is 4.79 Å². The summed E-state index contributed by atoms with van der Waals surface area (Å²) in [4.78, 5) is 11.9. The molecule has 0 amide bonds. The number of cyclic esters (lactones) is 1. The van der Waals surface area contributed by atoms with Crippen molar-refractivity contribution in [2.75, 3.05) is 19.8 Å². The number of hydrogen-bond donors (Lipinski definition) is 5. The quantitative estimate of drug-likeness (QED) is 0.255. The van der Waals surface area contributed by atoms with Crippen LogP contribution >= 0.6 is 0 Å². The lowest BCUT2D eigenvalue weighted by molar-refractivity contribution is -0.313. The van der Waals surface area contributed by atoms with Gasteiger partial charge in [0.05, 0.1) is 19.3 Å². The van der Waals surface area contributed by atoms with Crippen molar-refractivity contribution in [2.45, 2.75) is 89.2 Å². The number of carbonyl (C=O) groups excluding carboxylic acids is 1. The maximum atomic E-state index is 11.9. The Balaban J connectivity index is 1.50. The first-order valence-electron chi connectivity index (χ1n) is 12.7. The number of esters is 1. The molecule has 5 N–H and O–H groups in total. The van der Waals surface area contributed by atoms with Crippen LogP contribution in [0.2, 0.25) is 0 Å². The molecule has 9 heteroatoms. The van der Waals surface area contributed by atoms with Crippen molar-refractivity contribution in [1.29, 1.82) is 0 Å². The van der Waals surface area contributed by atoms with Crippen LogP contribution in [0.5, 0.6) is 0 Å². The van der Waals surface area contributed by atoms with Crippen LogP contribution in [-0.4, -0.2) is 88.1 Å². The van der Waals surface area contributed by atoms with Crippen molar-refractivity contribution in [3.05, 3.63) is 23.8 Å². The second-order valence-corrected chi connectivity index (χ2v) is 11.2. The maximum Gasteiger partial charge on any atom is 0.334 e. The molecule has 0 aromatic rings. The molecule has 3 fully saturated rings. The minimum Gasteiger partial charge on any atom is -0.458 e. The maximum absolute atomic E-state index is 11.9. The number of fused-ring (bicyclic) bond motifs is 1. The van der Waals surface area contributed by atoms with Gasteiger partial charge in [0.2, 0.25) is 0 Å². The van der Waals surface area contributed by atoms with Gasteiger partial charge < -0.3 is 39.7 Å². The highest BCUT2D eigenvalue weighted by molar-refractivity contribution is 5.90. The van der Waals surface area contributed by atoms with E-state index in [0.29, 0.717) is 25.0 Å². The molecule has 0 unspecified atom stereocenters. The Bertz CT molecular complexity index is 841. The fourth-order valence-electron chi connectivity index (χ4n) is 7.08. The summed E-state index contributed by atoms with van der Waals surface area (Å²) in [7, 11) is 0. The van der Waals surface area contributed by atoms with E-state index in [1.807, 2.05) is 13.0 Å². The number of allylic oxidation sites excluding steroid dienone is 1. The van der Waals surface area contributed by atoms with E-state index in [1.54, 1.807) is 0 Å². The average molecular weight is 497 g/mol. The summed E-state index contributed by atoms with van der Waals surface area (Å²) in [5.41, 5.74) is 1.07. The number of hydrogen-bond acceptors (Lipinski definition) is 9. The van der Waals surface area contributed by atoms with Crippen LogP contribution in [0.1, 0.15) is 52.4 Å². The third-order valence-corrected chi connectivity index (χ3v) is 9.27. The first-order valence-corrected chi connectivity index (χ1v) is 12.7. The van der Waals surface area contributed by atoms with Crippen LogP contribution in [0.15, 0.2) is 23.8 Å². The first kappa shape index (κ1) is 26.7.